The van der Waals surface area contributed by atoms with Crippen LogP contribution in [0.1, 0.15) is 58.9 Å². The first-order valence-electron chi connectivity index (χ1n) is 13.4. The van der Waals surface area contributed by atoms with Gasteiger partial charge in [-0.2, -0.15) is 0 Å². The zero-order valence-corrected chi connectivity index (χ0v) is 23.4. The highest BCUT2D eigenvalue weighted by atomic mass is 16.4. The molecule has 6 unspecified atom stereocenters. The van der Waals surface area contributed by atoms with Crippen molar-refractivity contribution in [2.45, 2.75) is 84.0 Å². The number of carbonyl (C=O) groups is 4. The average molecular weight is 548 g/mol. The average Bonchev–Trinajstić information content (AvgIpc) is 2.91. The first-order chi connectivity index (χ1) is 18.4. The zero-order chi connectivity index (χ0) is 29.5. The number of amides is 3. The summed E-state index contributed by atoms with van der Waals surface area (Å²) in [6.45, 7) is 7.55. The second-order valence-corrected chi connectivity index (χ2v) is 9.89. The molecule has 0 heterocycles. The normalized spacial score (nSPS) is 15.5. The number of hydrogen-bond acceptors (Lipinski definition) is 6. The summed E-state index contributed by atoms with van der Waals surface area (Å²) < 4.78 is 0. The number of nitrogens with zero attached hydrogens (tertiary/aromatic N) is 1. The van der Waals surface area contributed by atoms with Crippen LogP contribution in [-0.4, -0.2) is 65.5 Å². The van der Waals surface area contributed by atoms with E-state index in [1.807, 2.05) is 44.2 Å². The van der Waals surface area contributed by atoms with Crippen LogP contribution >= 0.6 is 0 Å². The zero-order valence-electron chi connectivity index (χ0n) is 23.4. The summed E-state index contributed by atoms with van der Waals surface area (Å²) in [6, 6.07) is 5.10. The van der Waals surface area contributed by atoms with E-state index in [-0.39, 0.29) is 24.2 Å². The molecular formula is C27H45N7O5. The van der Waals surface area contributed by atoms with Crippen molar-refractivity contribution in [3.8, 4) is 0 Å². The van der Waals surface area contributed by atoms with Gasteiger partial charge < -0.3 is 38.3 Å². The van der Waals surface area contributed by atoms with Gasteiger partial charge in [0.05, 0.1) is 6.04 Å². The Morgan fingerprint density at radius 2 is 1.44 bits per heavy atom. The van der Waals surface area contributed by atoms with Crippen molar-refractivity contribution < 1.29 is 24.3 Å². The number of rotatable bonds is 17. The lowest BCUT2D eigenvalue weighted by atomic mass is 9.94. The van der Waals surface area contributed by atoms with Crippen molar-refractivity contribution in [1.82, 2.24) is 16.0 Å². The fraction of sp³-hybridized carbons (Fsp3) is 0.593. The van der Waals surface area contributed by atoms with E-state index in [1.165, 1.54) is 0 Å². The lowest BCUT2D eigenvalue weighted by molar-refractivity contribution is -0.144. The second-order valence-electron chi connectivity index (χ2n) is 9.89. The van der Waals surface area contributed by atoms with Gasteiger partial charge in [-0.15, -0.1) is 0 Å². The third-order valence-corrected chi connectivity index (χ3v) is 6.79. The van der Waals surface area contributed by atoms with Crippen LogP contribution < -0.4 is 33.2 Å². The molecule has 0 saturated carbocycles. The largest absolute Gasteiger partial charge is 0.480 e. The van der Waals surface area contributed by atoms with Crippen molar-refractivity contribution in [1.29, 1.82) is 0 Å². The van der Waals surface area contributed by atoms with Crippen LogP contribution in [0, 0.1) is 11.8 Å². The number of carboxylic acids is 1. The molecule has 0 aromatic heterocycles. The molecule has 10 N–H and O–H groups in total. The molecule has 0 spiro atoms. The van der Waals surface area contributed by atoms with E-state index in [0.29, 0.717) is 32.2 Å². The number of hydrogen-bond donors (Lipinski definition) is 7. The predicted molar refractivity (Wildman–Crippen MR) is 150 cm³/mol. The number of carbonyl (C=O) groups excluding carboxylic acids is 3. The summed E-state index contributed by atoms with van der Waals surface area (Å²) in [7, 11) is 0. The van der Waals surface area contributed by atoms with Crippen molar-refractivity contribution in [3.05, 3.63) is 35.9 Å². The number of aliphatic carboxylic acids is 1. The minimum atomic E-state index is -1.14. The van der Waals surface area contributed by atoms with Gasteiger partial charge in [-0.25, -0.2) is 4.79 Å². The summed E-state index contributed by atoms with van der Waals surface area (Å²) in [5, 5.41) is 17.7. The lowest BCUT2D eigenvalue weighted by Gasteiger charge is -2.29. The summed E-state index contributed by atoms with van der Waals surface area (Å²) in [5.74, 6) is -3.49. The van der Waals surface area contributed by atoms with E-state index in [2.05, 4.69) is 20.9 Å². The van der Waals surface area contributed by atoms with Gasteiger partial charge in [0, 0.05) is 13.0 Å². The maximum atomic E-state index is 13.5. The fourth-order valence-electron chi connectivity index (χ4n) is 3.87. The van der Waals surface area contributed by atoms with Crippen LogP contribution in [-0.2, 0) is 25.6 Å². The monoisotopic (exact) mass is 547 g/mol. The lowest BCUT2D eigenvalue weighted by Crippen LogP contribution is -2.59. The molecular weight excluding hydrogens is 502 g/mol. The molecule has 0 saturated heterocycles. The minimum absolute atomic E-state index is 0.0497. The van der Waals surface area contributed by atoms with E-state index < -0.39 is 47.9 Å². The molecule has 0 aliphatic carbocycles. The number of aliphatic imine (C=N–C) groups is 1. The molecule has 0 radical (unpaired) electrons. The number of nitrogens with one attached hydrogen (secondary N) is 3. The Morgan fingerprint density at radius 1 is 0.872 bits per heavy atom. The molecule has 12 nitrogen and oxygen atoms in total. The summed E-state index contributed by atoms with van der Waals surface area (Å²) in [6.07, 6.45) is 2.04. The Labute approximate surface area is 230 Å². The smallest absolute Gasteiger partial charge is 0.326 e. The van der Waals surface area contributed by atoms with Gasteiger partial charge in [0.15, 0.2) is 5.96 Å². The van der Waals surface area contributed by atoms with Gasteiger partial charge in [-0.1, -0.05) is 70.9 Å². The molecule has 0 aliphatic rings. The van der Waals surface area contributed by atoms with Gasteiger partial charge in [0.2, 0.25) is 17.7 Å². The van der Waals surface area contributed by atoms with Crippen LogP contribution in [0.4, 0.5) is 0 Å². The van der Waals surface area contributed by atoms with Crippen molar-refractivity contribution >= 4 is 29.7 Å². The molecule has 0 fully saturated rings. The quantitative estimate of drug-likeness (QED) is 0.0812. The molecule has 6 atom stereocenters. The van der Waals surface area contributed by atoms with Gasteiger partial charge in [-0.3, -0.25) is 19.4 Å². The van der Waals surface area contributed by atoms with Gasteiger partial charge in [0.1, 0.15) is 18.1 Å². The van der Waals surface area contributed by atoms with Crippen LogP contribution in [0.25, 0.3) is 0 Å². The van der Waals surface area contributed by atoms with E-state index in [9.17, 15) is 24.3 Å². The summed E-state index contributed by atoms with van der Waals surface area (Å²) in [5.41, 5.74) is 17.5. The molecule has 3 amide bonds. The first kappa shape index (κ1) is 33.4. The Kier molecular flexibility index (Phi) is 14.6. The Bertz CT molecular complexity index is 969. The Balaban J connectivity index is 3.09. The van der Waals surface area contributed by atoms with Crippen LogP contribution in [0.15, 0.2) is 35.3 Å². The third-order valence-electron chi connectivity index (χ3n) is 6.79. The molecule has 0 bridgehead atoms. The van der Waals surface area contributed by atoms with Crippen LogP contribution in [0.5, 0.6) is 0 Å². The Morgan fingerprint density at radius 3 is 1.97 bits per heavy atom. The molecule has 39 heavy (non-hydrogen) atoms. The molecule has 218 valence electrons. The molecule has 12 heteroatoms. The number of benzene rings is 1. The fourth-order valence-corrected chi connectivity index (χ4v) is 3.87. The van der Waals surface area contributed by atoms with E-state index in [1.54, 1.807) is 13.8 Å². The van der Waals surface area contributed by atoms with E-state index in [0.717, 1.165) is 5.56 Å². The maximum Gasteiger partial charge on any atom is 0.326 e. The van der Waals surface area contributed by atoms with Gasteiger partial charge >= 0.3 is 5.97 Å². The Hall–Kier alpha value is -3.67. The van der Waals surface area contributed by atoms with E-state index >= 15 is 0 Å². The summed E-state index contributed by atoms with van der Waals surface area (Å²) >= 11 is 0. The maximum absolute atomic E-state index is 13.5. The molecule has 1 aromatic rings. The second kappa shape index (κ2) is 17.0. The highest BCUT2D eigenvalue weighted by Crippen LogP contribution is 2.13. The SMILES string of the molecule is CCC(C)C(NC(=O)C(NC(=O)C(Cc1ccccc1)NC(=O)C(N)CCCN=C(N)N)C(C)CC)C(=O)O. The van der Waals surface area contributed by atoms with Gasteiger partial charge in [0.25, 0.3) is 0 Å². The first-order valence-corrected chi connectivity index (χ1v) is 13.4. The van der Waals surface area contributed by atoms with Gasteiger partial charge in [-0.05, 0) is 30.2 Å². The van der Waals surface area contributed by atoms with Crippen LogP contribution in [0.3, 0.4) is 0 Å². The highest BCUT2D eigenvalue weighted by Gasteiger charge is 2.34. The molecule has 1 aromatic carbocycles. The van der Waals surface area contributed by atoms with Crippen molar-refractivity contribution in [2.75, 3.05) is 6.54 Å². The van der Waals surface area contributed by atoms with Crippen molar-refractivity contribution in [2.24, 2.45) is 34.0 Å². The summed E-state index contributed by atoms with van der Waals surface area (Å²) in [4.78, 5) is 55.2. The minimum Gasteiger partial charge on any atom is -0.480 e. The third kappa shape index (κ3) is 11.7. The van der Waals surface area contributed by atoms with E-state index in [4.69, 9.17) is 17.2 Å². The highest BCUT2D eigenvalue weighted by molar-refractivity contribution is 5.94. The van der Waals surface area contributed by atoms with Crippen molar-refractivity contribution in [3.63, 3.8) is 0 Å². The number of guanidine groups is 1. The topological polar surface area (TPSA) is 215 Å². The molecule has 0 aliphatic heterocycles. The number of carboxylic acid groups (broad SMARTS) is 1. The van der Waals surface area contributed by atoms with Crippen LogP contribution in [0.2, 0.25) is 0 Å². The predicted octanol–water partition coefficient (Wildman–Crippen LogP) is 0.241. The molecule has 1 rings (SSSR count). The number of nitrogens with two attached hydrogens (primary N) is 3. The standard InChI is InChI=1S/C27H45N7O5/c1-5-16(3)21(25(37)34-22(26(38)39)17(4)6-2)33-24(36)20(15-18-11-8-7-9-12-18)32-23(35)19(28)13-10-14-31-27(29)30/h7-9,11-12,16-17,19-22H,5-6,10,13-15,28H2,1-4H3,(H,32,35)(H,33,36)(H,34,37)(H,38,39)(H4,29,30,31).